The Morgan fingerprint density at radius 3 is 1.80 bits per heavy atom. The van der Waals surface area contributed by atoms with E-state index in [9.17, 15) is 4.79 Å². The first-order valence-electron chi connectivity index (χ1n) is 13.3. The summed E-state index contributed by atoms with van der Waals surface area (Å²) in [5.74, 6) is 2.52. The van der Waals surface area contributed by atoms with E-state index < -0.39 is 0 Å². The van der Waals surface area contributed by atoms with Gasteiger partial charge in [0.2, 0.25) is 0 Å². The van der Waals surface area contributed by atoms with Gasteiger partial charge in [0.25, 0.3) is 0 Å². The highest BCUT2D eigenvalue weighted by Crippen LogP contribution is 2.18. The molecule has 1 heterocycles. The van der Waals surface area contributed by atoms with Gasteiger partial charge in [-0.1, -0.05) is 84.5 Å². The highest BCUT2D eigenvalue weighted by atomic mass is 32.2. The fourth-order valence-electron chi connectivity index (χ4n) is 4.26. The van der Waals surface area contributed by atoms with Gasteiger partial charge in [-0.3, -0.25) is 4.79 Å². The normalized spacial score (nSPS) is 15.9. The molecule has 0 aromatic rings. The monoisotopic (exact) mass is 441 g/mol. The largest absolute Gasteiger partial charge is 0.462 e. The van der Waals surface area contributed by atoms with Crippen molar-refractivity contribution in [3.05, 3.63) is 0 Å². The van der Waals surface area contributed by atoms with Crippen molar-refractivity contribution in [2.24, 2.45) is 0 Å². The first kappa shape index (κ1) is 27.8. The third kappa shape index (κ3) is 16.5. The summed E-state index contributed by atoms with van der Waals surface area (Å²) in [5.41, 5.74) is 0. The average molecular weight is 442 g/mol. The first-order chi connectivity index (χ1) is 14.8. The van der Waals surface area contributed by atoms with Gasteiger partial charge in [0.1, 0.15) is 6.10 Å². The zero-order valence-electron chi connectivity index (χ0n) is 20.3. The van der Waals surface area contributed by atoms with Crippen molar-refractivity contribution < 1.29 is 9.53 Å². The Kier molecular flexibility index (Phi) is 19.2. The summed E-state index contributed by atoms with van der Waals surface area (Å²) in [5, 5.41) is 0. The number of esters is 1. The molecule has 178 valence electrons. The summed E-state index contributed by atoms with van der Waals surface area (Å²) in [6.45, 7) is 7.95. The molecule has 30 heavy (non-hydrogen) atoms. The van der Waals surface area contributed by atoms with Crippen molar-refractivity contribution in [1.82, 2.24) is 4.90 Å². The summed E-state index contributed by atoms with van der Waals surface area (Å²) in [7, 11) is 0. The lowest BCUT2D eigenvalue weighted by atomic mass is 10.0. The van der Waals surface area contributed by atoms with E-state index in [4.69, 9.17) is 4.74 Å². The van der Waals surface area contributed by atoms with Crippen LogP contribution in [0.25, 0.3) is 0 Å². The van der Waals surface area contributed by atoms with E-state index in [2.05, 4.69) is 18.7 Å². The zero-order valence-corrected chi connectivity index (χ0v) is 21.1. The second-order valence-corrected chi connectivity index (χ2v) is 10.4. The lowest BCUT2D eigenvalue weighted by molar-refractivity contribution is -0.150. The van der Waals surface area contributed by atoms with E-state index in [1.165, 1.54) is 108 Å². The molecular formula is C26H51NO2S. The Hall–Kier alpha value is -0.220. The molecule has 1 aliphatic heterocycles. The van der Waals surface area contributed by atoms with Gasteiger partial charge >= 0.3 is 5.97 Å². The minimum Gasteiger partial charge on any atom is -0.462 e. The minimum atomic E-state index is 0.0420. The van der Waals surface area contributed by atoms with Gasteiger partial charge in [-0.15, -0.1) is 0 Å². The van der Waals surface area contributed by atoms with Crippen LogP contribution in [-0.4, -0.2) is 48.1 Å². The molecule has 1 atom stereocenters. The van der Waals surface area contributed by atoms with Gasteiger partial charge in [0, 0.05) is 31.0 Å². The second-order valence-electron chi connectivity index (χ2n) is 9.14. The highest BCUT2D eigenvalue weighted by Gasteiger charge is 2.15. The van der Waals surface area contributed by atoms with Crippen molar-refractivity contribution >= 4 is 17.7 Å². The molecule has 0 amide bonds. The molecule has 1 fully saturated rings. The average Bonchev–Trinajstić information content (AvgIpc) is 2.76. The summed E-state index contributed by atoms with van der Waals surface area (Å²) < 4.78 is 5.95. The molecule has 1 aliphatic rings. The number of hydrogen-bond acceptors (Lipinski definition) is 4. The van der Waals surface area contributed by atoms with Crippen LogP contribution in [0.4, 0.5) is 0 Å². The van der Waals surface area contributed by atoms with Crippen LogP contribution in [-0.2, 0) is 9.53 Å². The number of carbonyl (C=O) groups excluding carboxylic acids is 1. The van der Waals surface area contributed by atoms with Gasteiger partial charge < -0.3 is 9.64 Å². The number of carbonyl (C=O) groups is 1. The molecule has 1 unspecified atom stereocenters. The van der Waals surface area contributed by atoms with Gasteiger partial charge in [0.15, 0.2) is 0 Å². The highest BCUT2D eigenvalue weighted by molar-refractivity contribution is 7.99. The predicted molar refractivity (Wildman–Crippen MR) is 133 cm³/mol. The lowest BCUT2D eigenvalue weighted by Crippen LogP contribution is -2.33. The molecule has 0 spiro atoms. The summed E-state index contributed by atoms with van der Waals surface area (Å²) in [6, 6.07) is 0. The van der Waals surface area contributed by atoms with Crippen LogP contribution in [0.5, 0.6) is 0 Å². The van der Waals surface area contributed by atoms with E-state index in [0.29, 0.717) is 6.42 Å². The van der Waals surface area contributed by atoms with E-state index >= 15 is 0 Å². The molecule has 1 saturated heterocycles. The molecule has 0 saturated carbocycles. The number of nitrogens with zero attached hydrogens (tertiary/aromatic N) is 1. The van der Waals surface area contributed by atoms with Gasteiger partial charge in [0.05, 0.1) is 0 Å². The number of unbranched alkanes of at least 4 members (excludes halogenated alkanes) is 11. The smallest absolute Gasteiger partial charge is 0.306 e. The zero-order chi connectivity index (χ0) is 21.7. The molecule has 0 radical (unpaired) electrons. The summed E-state index contributed by atoms with van der Waals surface area (Å²) in [6.07, 6.45) is 20.9. The molecule has 0 bridgehead atoms. The quantitative estimate of drug-likeness (QED) is 0.143. The molecule has 1 rings (SSSR count). The number of thioether (sulfide) groups is 1. The third-order valence-electron chi connectivity index (χ3n) is 6.27. The van der Waals surface area contributed by atoms with Gasteiger partial charge in [-0.2, -0.15) is 11.8 Å². The number of hydrogen-bond donors (Lipinski definition) is 0. The SMILES string of the molecule is CCCCCCCCCC(CCCCCCCC)OC(=O)CCCN1CCSCC1. The Balaban J connectivity index is 2.21. The molecule has 3 nitrogen and oxygen atoms in total. The van der Waals surface area contributed by atoms with Crippen LogP contribution in [0, 0.1) is 0 Å². The van der Waals surface area contributed by atoms with Crippen molar-refractivity contribution in [1.29, 1.82) is 0 Å². The Labute approximate surface area is 192 Å². The maximum Gasteiger partial charge on any atom is 0.306 e. The first-order valence-corrected chi connectivity index (χ1v) is 14.4. The van der Waals surface area contributed by atoms with Crippen LogP contribution in [0.2, 0.25) is 0 Å². The minimum absolute atomic E-state index is 0.0420. The van der Waals surface area contributed by atoms with Crippen molar-refractivity contribution in [2.75, 3.05) is 31.1 Å². The molecule has 0 aliphatic carbocycles. The van der Waals surface area contributed by atoms with Crippen LogP contribution in [0.3, 0.4) is 0 Å². The van der Waals surface area contributed by atoms with Crippen LogP contribution < -0.4 is 0 Å². The van der Waals surface area contributed by atoms with Gasteiger partial charge in [-0.05, 0) is 38.6 Å². The van der Waals surface area contributed by atoms with Crippen LogP contribution >= 0.6 is 11.8 Å². The maximum absolute atomic E-state index is 12.4. The van der Waals surface area contributed by atoms with E-state index in [0.717, 1.165) is 25.8 Å². The van der Waals surface area contributed by atoms with Crippen LogP contribution in [0.15, 0.2) is 0 Å². The predicted octanol–water partition coefficient (Wildman–Crippen LogP) is 7.62. The fraction of sp³-hybridized carbons (Fsp3) is 0.962. The standard InChI is InChI=1S/C26H51NO2S/c1-3-5-7-9-11-13-15-18-25(17-14-12-10-8-6-4-2)29-26(28)19-16-20-27-21-23-30-24-22-27/h25H,3-24H2,1-2H3. The molecule has 4 heteroatoms. The van der Waals surface area contributed by atoms with Crippen molar-refractivity contribution in [3.8, 4) is 0 Å². The van der Waals surface area contributed by atoms with Crippen molar-refractivity contribution in [3.63, 3.8) is 0 Å². The van der Waals surface area contributed by atoms with Gasteiger partial charge in [-0.25, -0.2) is 0 Å². The molecule has 0 N–H and O–H groups in total. The molecule has 0 aromatic carbocycles. The third-order valence-corrected chi connectivity index (χ3v) is 7.21. The molecule has 0 aromatic heterocycles. The van der Waals surface area contributed by atoms with E-state index in [1.54, 1.807) is 0 Å². The summed E-state index contributed by atoms with van der Waals surface area (Å²) in [4.78, 5) is 14.9. The Bertz CT molecular complexity index is 385. The topological polar surface area (TPSA) is 29.5 Å². The Morgan fingerprint density at radius 1 is 0.767 bits per heavy atom. The van der Waals surface area contributed by atoms with Crippen molar-refractivity contribution in [2.45, 2.75) is 129 Å². The second kappa shape index (κ2) is 20.7. The maximum atomic E-state index is 12.4. The lowest BCUT2D eigenvalue weighted by Gasteiger charge is -2.26. The fourth-order valence-corrected chi connectivity index (χ4v) is 5.24. The number of ether oxygens (including phenoxy) is 1. The molecular weight excluding hydrogens is 390 g/mol. The van der Waals surface area contributed by atoms with E-state index in [1.807, 2.05) is 11.8 Å². The summed E-state index contributed by atoms with van der Waals surface area (Å²) >= 11 is 2.04. The van der Waals surface area contributed by atoms with E-state index in [-0.39, 0.29) is 12.1 Å². The number of rotatable bonds is 20. The van der Waals surface area contributed by atoms with Crippen LogP contribution in [0.1, 0.15) is 123 Å². The Morgan fingerprint density at radius 2 is 1.27 bits per heavy atom.